The molecule has 3 rings (SSSR count). The topological polar surface area (TPSA) is 69.6 Å². The molecule has 1 aromatic rings. The molecule has 0 saturated heterocycles. The maximum Gasteiger partial charge on any atom is 0.331 e. The van der Waals surface area contributed by atoms with Crippen molar-refractivity contribution in [2.75, 3.05) is 6.54 Å². The van der Waals surface area contributed by atoms with Crippen LogP contribution in [0.3, 0.4) is 0 Å². The number of carboxylic acids is 1. The first-order valence-electron chi connectivity index (χ1n) is 6.44. The molecule has 0 spiro atoms. The van der Waals surface area contributed by atoms with E-state index in [2.05, 4.69) is 12.2 Å². The molecule has 6 heteroatoms. The number of thiophene rings is 1. The monoisotopic (exact) mass is 280 g/mol. The van der Waals surface area contributed by atoms with Crippen LogP contribution in [0, 0.1) is 5.92 Å². The standard InChI is InChI=1S/C13H16N2O3S/c1-7-6-9(7)14-13(18)15-4-2-10-8(3-5-19-10)11(15)12(16)17/h3,5,7,9,11H,2,4,6H2,1H3,(H,14,18)(H,16,17). The number of hydrogen-bond acceptors (Lipinski definition) is 3. The average Bonchev–Trinajstić information content (AvgIpc) is 2.89. The van der Waals surface area contributed by atoms with Crippen LogP contribution in [0.1, 0.15) is 29.8 Å². The van der Waals surface area contributed by atoms with Crippen LogP contribution in [-0.2, 0) is 11.2 Å². The smallest absolute Gasteiger partial charge is 0.331 e. The van der Waals surface area contributed by atoms with Gasteiger partial charge >= 0.3 is 12.0 Å². The van der Waals surface area contributed by atoms with E-state index in [1.54, 1.807) is 11.3 Å². The van der Waals surface area contributed by atoms with Gasteiger partial charge in [0.25, 0.3) is 0 Å². The summed E-state index contributed by atoms with van der Waals surface area (Å²) in [7, 11) is 0. The maximum absolute atomic E-state index is 12.2. The Morgan fingerprint density at radius 3 is 2.89 bits per heavy atom. The van der Waals surface area contributed by atoms with Crippen molar-refractivity contribution in [1.29, 1.82) is 0 Å². The van der Waals surface area contributed by atoms with Crippen LogP contribution in [-0.4, -0.2) is 34.6 Å². The predicted molar refractivity (Wildman–Crippen MR) is 71.2 cm³/mol. The Morgan fingerprint density at radius 1 is 1.53 bits per heavy atom. The molecule has 2 N–H and O–H groups in total. The lowest BCUT2D eigenvalue weighted by Crippen LogP contribution is -2.48. The number of aliphatic carboxylic acids is 1. The number of carbonyl (C=O) groups excluding carboxylic acids is 1. The van der Waals surface area contributed by atoms with E-state index in [1.807, 2.05) is 11.4 Å². The van der Waals surface area contributed by atoms with Gasteiger partial charge < -0.3 is 15.3 Å². The highest BCUT2D eigenvalue weighted by molar-refractivity contribution is 7.10. The third-order valence-corrected chi connectivity index (χ3v) is 4.88. The van der Waals surface area contributed by atoms with Crippen molar-refractivity contribution in [3.63, 3.8) is 0 Å². The fourth-order valence-electron chi connectivity index (χ4n) is 2.57. The number of fused-ring (bicyclic) bond motifs is 1. The van der Waals surface area contributed by atoms with Gasteiger partial charge in [0.05, 0.1) is 0 Å². The lowest BCUT2D eigenvalue weighted by atomic mass is 10.0. The SMILES string of the molecule is CC1CC1NC(=O)N1CCc2sccc2C1C(=O)O. The minimum absolute atomic E-state index is 0.214. The maximum atomic E-state index is 12.2. The number of rotatable bonds is 2. The van der Waals surface area contributed by atoms with Crippen molar-refractivity contribution in [3.05, 3.63) is 21.9 Å². The van der Waals surface area contributed by atoms with E-state index < -0.39 is 12.0 Å². The molecule has 2 heterocycles. The number of amides is 2. The molecular weight excluding hydrogens is 264 g/mol. The second kappa shape index (κ2) is 4.52. The minimum atomic E-state index is -0.960. The second-order valence-corrected chi connectivity index (χ2v) is 6.25. The van der Waals surface area contributed by atoms with Gasteiger partial charge in [0.2, 0.25) is 0 Å². The Labute approximate surface area is 115 Å². The van der Waals surface area contributed by atoms with E-state index in [0.29, 0.717) is 12.5 Å². The summed E-state index contributed by atoms with van der Waals surface area (Å²) in [6.45, 7) is 2.55. The molecular formula is C13H16N2O3S. The van der Waals surface area contributed by atoms with E-state index in [1.165, 1.54) is 4.90 Å². The molecule has 5 nitrogen and oxygen atoms in total. The van der Waals surface area contributed by atoms with Gasteiger partial charge in [0.1, 0.15) is 0 Å². The third kappa shape index (κ3) is 2.20. The van der Waals surface area contributed by atoms with Crippen molar-refractivity contribution >= 4 is 23.3 Å². The fraction of sp³-hybridized carbons (Fsp3) is 0.538. The molecule has 19 heavy (non-hydrogen) atoms. The van der Waals surface area contributed by atoms with Crippen LogP contribution in [0.25, 0.3) is 0 Å². The van der Waals surface area contributed by atoms with Crippen molar-refractivity contribution in [2.24, 2.45) is 5.92 Å². The molecule has 1 fully saturated rings. The van der Waals surface area contributed by atoms with Crippen molar-refractivity contribution in [2.45, 2.75) is 31.8 Å². The van der Waals surface area contributed by atoms with Gasteiger partial charge in [-0.1, -0.05) is 6.92 Å². The van der Waals surface area contributed by atoms with Crippen LogP contribution in [0.2, 0.25) is 0 Å². The van der Waals surface area contributed by atoms with Crippen LogP contribution in [0.15, 0.2) is 11.4 Å². The Hall–Kier alpha value is -1.56. The predicted octanol–water partition coefficient (Wildman–Crippen LogP) is 1.85. The number of urea groups is 1. The summed E-state index contributed by atoms with van der Waals surface area (Å²) < 4.78 is 0. The molecule has 1 saturated carbocycles. The van der Waals surface area contributed by atoms with Crippen LogP contribution >= 0.6 is 11.3 Å². The average molecular weight is 280 g/mol. The summed E-state index contributed by atoms with van der Waals surface area (Å²) in [6, 6.07) is 0.936. The molecule has 1 aliphatic heterocycles. The number of hydrogen-bond donors (Lipinski definition) is 2. The summed E-state index contributed by atoms with van der Waals surface area (Å²) >= 11 is 1.57. The summed E-state index contributed by atoms with van der Waals surface area (Å²) in [5.74, 6) is -0.452. The Bertz CT molecular complexity index is 528. The largest absolute Gasteiger partial charge is 0.479 e. The first-order chi connectivity index (χ1) is 9.08. The van der Waals surface area contributed by atoms with E-state index in [9.17, 15) is 14.7 Å². The first kappa shape index (κ1) is 12.5. The zero-order valence-corrected chi connectivity index (χ0v) is 11.4. The summed E-state index contributed by atoms with van der Waals surface area (Å²) in [5, 5.41) is 14.2. The van der Waals surface area contributed by atoms with E-state index in [-0.39, 0.29) is 12.1 Å². The van der Waals surface area contributed by atoms with E-state index >= 15 is 0 Å². The van der Waals surface area contributed by atoms with Crippen LogP contribution < -0.4 is 5.32 Å². The van der Waals surface area contributed by atoms with Gasteiger partial charge in [-0.15, -0.1) is 11.3 Å². The molecule has 0 aromatic carbocycles. The first-order valence-corrected chi connectivity index (χ1v) is 7.32. The lowest BCUT2D eigenvalue weighted by Gasteiger charge is -2.33. The van der Waals surface area contributed by atoms with Gasteiger partial charge in [-0.05, 0) is 35.8 Å². The van der Waals surface area contributed by atoms with Crippen molar-refractivity contribution in [3.8, 4) is 0 Å². The molecule has 2 amide bonds. The van der Waals surface area contributed by atoms with Gasteiger partial charge in [-0.25, -0.2) is 9.59 Å². The van der Waals surface area contributed by atoms with Crippen molar-refractivity contribution in [1.82, 2.24) is 10.2 Å². The Morgan fingerprint density at radius 2 is 2.26 bits per heavy atom. The second-order valence-electron chi connectivity index (χ2n) is 5.25. The van der Waals surface area contributed by atoms with E-state index in [4.69, 9.17) is 0 Å². The highest BCUT2D eigenvalue weighted by Crippen LogP contribution is 2.34. The zero-order chi connectivity index (χ0) is 13.6. The normalized spacial score (nSPS) is 28.7. The summed E-state index contributed by atoms with van der Waals surface area (Å²) in [5.41, 5.74) is 0.766. The molecule has 0 bridgehead atoms. The van der Waals surface area contributed by atoms with E-state index in [0.717, 1.165) is 23.3 Å². The molecule has 2 aliphatic rings. The number of carbonyl (C=O) groups is 2. The Kier molecular flexibility index (Phi) is 2.97. The quantitative estimate of drug-likeness (QED) is 0.868. The zero-order valence-electron chi connectivity index (χ0n) is 10.6. The van der Waals surface area contributed by atoms with Crippen LogP contribution in [0.4, 0.5) is 4.79 Å². The number of nitrogens with zero attached hydrogens (tertiary/aromatic N) is 1. The molecule has 102 valence electrons. The Balaban J connectivity index is 1.81. The van der Waals surface area contributed by atoms with Gasteiger partial charge in [-0.3, -0.25) is 0 Å². The molecule has 3 atom stereocenters. The summed E-state index contributed by atoms with van der Waals surface area (Å²) in [4.78, 5) is 26.2. The van der Waals surface area contributed by atoms with Gasteiger partial charge in [0, 0.05) is 17.5 Å². The fourth-order valence-corrected chi connectivity index (χ4v) is 3.47. The van der Waals surface area contributed by atoms with Crippen LogP contribution in [0.5, 0.6) is 0 Å². The molecule has 3 unspecified atom stereocenters. The molecule has 1 aliphatic carbocycles. The highest BCUT2D eigenvalue weighted by Gasteiger charge is 2.40. The summed E-state index contributed by atoms with van der Waals surface area (Å²) in [6.07, 6.45) is 1.73. The number of nitrogens with one attached hydrogen (secondary N) is 1. The number of carboxylic acid groups (broad SMARTS) is 1. The molecule has 1 aromatic heterocycles. The minimum Gasteiger partial charge on any atom is -0.479 e. The van der Waals surface area contributed by atoms with Crippen molar-refractivity contribution < 1.29 is 14.7 Å². The lowest BCUT2D eigenvalue weighted by molar-refractivity contribution is -0.142. The molecule has 0 radical (unpaired) electrons. The van der Waals surface area contributed by atoms with Gasteiger partial charge in [0.15, 0.2) is 6.04 Å². The third-order valence-electron chi connectivity index (χ3n) is 3.88. The highest BCUT2D eigenvalue weighted by atomic mass is 32.1. The van der Waals surface area contributed by atoms with Gasteiger partial charge in [-0.2, -0.15) is 0 Å².